The van der Waals surface area contributed by atoms with Crippen molar-refractivity contribution in [2.45, 2.75) is 39.2 Å². The summed E-state index contributed by atoms with van der Waals surface area (Å²) in [6.45, 7) is 4.42. The Morgan fingerprint density at radius 1 is 1.47 bits per heavy atom. The fourth-order valence-corrected chi connectivity index (χ4v) is 2.89. The van der Waals surface area contributed by atoms with E-state index in [0.29, 0.717) is 11.7 Å². The summed E-state index contributed by atoms with van der Waals surface area (Å²) in [5.74, 6) is 1.53. The topological polar surface area (TPSA) is 68.1 Å². The molecule has 2 rings (SSSR count). The SMILES string of the molecule is CC1CCC(Nc2ncc(Cl)cc2[N+](=O)[O-])C(C)C1. The van der Waals surface area contributed by atoms with Crippen LogP contribution in [0.25, 0.3) is 0 Å². The Morgan fingerprint density at radius 3 is 2.84 bits per heavy atom. The molecule has 1 fully saturated rings. The number of anilines is 1. The monoisotopic (exact) mass is 283 g/mol. The van der Waals surface area contributed by atoms with E-state index in [1.807, 2.05) is 0 Å². The highest BCUT2D eigenvalue weighted by atomic mass is 35.5. The third-order valence-electron chi connectivity index (χ3n) is 3.78. The smallest absolute Gasteiger partial charge is 0.312 e. The van der Waals surface area contributed by atoms with Gasteiger partial charge in [0.2, 0.25) is 5.82 Å². The van der Waals surface area contributed by atoms with E-state index in [0.717, 1.165) is 25.2 Å². The molecule has 1 aliphatic carbocycles. The Bertz CT molecular complexity index is 481. The van der Waals surface area contributed by atoms with Crippen molar-refractivity contribution >= 4 is 23.1 Å². The van der Waals surface area contributed by atoms with E-state index < -0.39 is 4.92 Å². The van der Waals surface area contributed by atoms with E-state index in [1.165, 1.54) is 12.3 Å². The molecule has 5 nitrogen and oxygen atoms in total. The summed E-state index contributed by atoms with van der Waals surface area (Å²) < 4.78 is 0. The molecule has 0 aromatic carbocycles. The molecule has 104 valence electrons. The van der Waals surface area contributed by atoms with E-state index in [9.17, 15) is 10.1 Å². The number of hydrogen-bond donors (Lipinski definition) is 1. The number of pyridine rings is 1. The largest absolute Gasteiger partial charge is 0.361 e. The number of halogens is 1. The fourth-order valence-electron chi connectivity index (χ4n) is 2.73. The molecule has 0 bridgehead atoms. The summed E-state index contributed by atoms with van der Waals surface area (Å²) in [6.07, 6.45) is 4.74. The van der Waals surface area contributed by atoms with Crippen LogP contribution in [0.5, 0.6) is 0 Å². The number of aromatic nitrogens is 1. The Kier molecular flexibility index (Phi) is 4.24. The molecular formula is C13H18ClN3O2. The Balaban J connectivity index is 2.17. The van der Waals surface area contributed by atoms with Crippen molar-refractivity contribution in [1.82, 2.24) is 4.98 Å². The first kappa shape index (κ1) is 14.1. The van der Waals surface area contributed by atoms with Crippen LogP contribution in [-0.4, -0.2) is 15.9 Å². The molecule has 0 radical (unpaired) electrons. The quantitative estimate of drug-likeness (QED) is 0.675. The lowest BCUT2D eigenvalue weighted by molar-refractivity contribution is -0.384. The van der Waals surface area contributed by atoms with Gasteiger partial charge < -0.3 is 5.32 Å². The highest BCUT2D eigenvalue weighted by molar-refractivity contribution is 6.30. The van der Waals surface area contributed by atoms with Crippen LogP contribution in [-0.2, 0) is 0 Å². The van der Waals surface area contributed by atoms with Crippen LogP contribution in [0, 0.1) is 22.0 Å². The van der Waals surface area contributed by atoms with E-state index >= 15 is 0 Å². The van der Waals surface area contributed by atoms with Crippen molar-refractivity contribution in [1.29, 1.82) is 0 Å². The Morgan fingerprint density at radius 2 is 2.21 bits per heavy atom. The van der Waals surface area contributed by atoms with Crippen molar-refractivity contribution in [3.8, 4) is 0 Å². The first-order valence-corrected chi connectivity index (χ1v) is 6.91. The van der Waals surface area contributed by atoms with Crippen LogP contribution < -0.4 is 5.32 Å². The zero-order valence-corrected chi connectivity index (χ0v) is 11.9. The fraction of sp³-hybridized carbons (Fsp3) is 0.615. The molecule has 0 aliphatic heterocycles. The van der Waals surface area contributed by atoms with E-state index in [1.54, 1.807) is 0 Å². The van der Waals surface area contributed by atoms with Crippen molar-refractivity contribution in [2.75, 3.05) is 5.32 Å². The van der Waals surface area contributed by atoms with Crippen LogP contribution in [0.3, 0.4) is 0 Å². The first-order chi connectivity index (χ1) is 8.97. The summed E-state index contributed by atoms with van der Waals surface area (Å²) in [6, 6.07) is 1.58. The summed E-state index contributed by atoms with van der Waals surface area (Å²) in [5, 5.41) is 14.5. The van der Waals surface area contributed by atoms with Gasteiger partial charge >= 0.3 is 5.69 Å². The van der Waals surface area contributed by atoms with Gasteiger partial charge in [0.05, 0.1) is 9.95 Å². The summed E-state index contributed by atoms with van der Waals surface area (Å²) in [4.78, 5) is 14.6. The highest BCUT2D eigenvalue weighted by Gasteiger charge is 2.27. The predicted molar refractivity (Wildman–Crippen MR) is 75.5 cm³/mol. The van der Waals surface area contributed by atoms with Crippen molar-refractivity contribution < 1.29 is 4.92 Å². The van der Waals surface area contributed by atoms with Gasteiger partial charge in [0.25, 0.3) is 0 Å². The maximum Gasteiger partial charge on any atom is 0.312 e. The van der Waals surface area contributed by atoms with Crippen LogP contribution in [0.4, 0.5) is 11.5 Å². The molecule has 1 aliphatic rings. The summed E-state index contributed by atoms with van der Waals surface area (Å²) in [7, 11) is 0. The standard InChI is InChI=1S/C13H18ClN3O2/c1-8-3-4-11(9(2)5-8)16-13-12(17(18)19)6-10(14)7-15-13/h6-9,11H,3-5H2,1-2H3,(H,15,16). The van der Waals surface area contributed by atoms with Gasteiger partial charge in [0, 0.05) is 18.3 Å². The second-order valence-corrected chi connectivity index (χ2v) is 5.86. The minimum Gasteiger partial charge on any atom is -0.361 e. The molecule has 1 heterocycles. The summed E-state index contributed by atoms with van der Waals surface area (Å²) >= 11 is 5.76. The Hall–Kier alpha value is -1.36. The van der Waals surface area contributed by atoms with E-state index in [-0.39, 0.29) is 16.8 Å². The normalized spacial score (nSPS) is 27.0. The molecule has 19 heavy (non-hydrogen) atoms. The van der Waals surface area contributed by atoms with Crippen molar-refractivity contribution in [3.05, 3.63) is 27.4 Å². The maximum atomic E-state index is 11.0. The molecular weight excluding hydrogens is 266 g/mol. The lowest BCUT2D eigenvalue weighted by atomic mass is 9.80. The van der Waals surface area contributed by atoms with Gasteiger partial charge in [-0.15, -0.1) is 0 Å². The Labute approximate surface area is 117 Å². The molecule has 0 spiro atoms. The minimum absolute atomic E-state index is 0.0571. The highest BCUT2D eigenvalue weighted by Crippen LogP contribution is 2.33. The third kappa shape index (κ3) is 3.35. The third-order valence-corrected chi connectivity index (χ3v) is 3.99. The lowest BCUT2D eigenvalue weighted by Gasteiger charge is -2.33. The number of rotatable bonds is 3. The molecule has 1 N–H and O–H groups in total. The molecule has 3 unspecified atom stereocenters. The average Bonchev–Trinajstić information content (AvgIpc) is 2.34. The summed E-state index contributed by atoms with van der Waals surface area (Å²) in [5.41, 5.74) is -0.0571. The van der Waals surface area contributed by atoms with Crippen molar-refractivity contribution in [2.24, 2.45) is 11.8 Å². The molecule has 1 aromatic heterocycles. The van der Waals surface area contributed by atoms with Gasteiger partial charge in [-0.1, -0.05) is 25.4 Å². The van der Waals surface area contributed by atoms with Gasteiger partial charge in [0.1, 0.15) is 0 Å². The molecule has 0 amide bonds. The van der Waals surface area contributed by atoms with Crippen LogP contribution in [0.15, 0.2) is 12.3 Å². The number of nitrogens with zero attached hydrogens (tertiary/aromatic N) is 2. The second-order valence-electron chi connectivity index (χ2n) is 5.42. The van der Waals surface area contributed by atoms with Crippen LogP contribution in [0.2, 0.25) is 5.02 Å². The predicted octanol–water partition coefficient (Wildman–Crippen LogP) is 3.88. The zero-order valence-electron chi connectivity index (χ0n) is 11.1. The maximum absolute atomic E-state index is 11.0. The number of nitro groups is 1. The second kappa shape index (κ2) is 5.74. The molecule has 1 aromatic rings. The van der Waals surface area contributed by atoms with Gasteiger partial charge in [-0.3, -0.25) is 10.1 Å². The first-order valence-electron chi connectivity index (χ1n) is 6.54. The zero-order chi connectivity index (χ0) is 14.0. The lowest BCUT2D eigenvalue weighted by Crippen LogP contribution is -2.33. The van der Waals surface area contributed by atoms with Gasteiger partial charge in [0.15, 0.2) is 0 Å². The molecule has 0 saturated heterocycles. The van der Waals surface area contributed by atoms with Crippen molar-refractivity contribution in [3.63, 3.8) is 0 Å². The molecule has 1 saturated carbocycles. The van der Waals surface area contributed by atoms with Gasteiger partial charge in [-0.05, 0) is 31.1 Å². The van der Waals surface area contributed by atoms with Crippen LogP contribution in [0.1, 0.15) is 33.1 Å². The van der Waals surface area contributed by atoms with E-state index in [2.05, 4.69) is 24.1 Å². The van der Waals surface area contributed by atoms with Gasteiger partial charge in [-0.2, -0.15) is 0 Å². The van der Waals surface area contributed by atoms with Gasteiger partial charge in [-0.25, -0.2) is 4.98 Å². The van der Waals surface area contributed by atoms with E-state index in [4.69, 9.17) is 11.6 Å². The number of hydrogen-bond acceptors (Lipinski definition) is 4. The number of nitrogens with one attached hydrogen (secondary N) is 1. The molecule has 3 atom stereocenters. The minimum atomic E-state index is -0.447. The average molecular weight is 284 g/mol. The van der Waals surface area contributed by atoms with Crippen LogP contribution >= 0.6 is 11.6 Å². The molecule has 6 heteroatoms.